The van der Waals surface area contributed by atoms with E-state index in [-0.39, 0.29) is 31.0 Å². The van der Waals surface area contributed by atoms with Crippen molar-refractivity contribution in [2.75, 3.05) is 7.05 Å². The number of sulfone groups is 1. The minimum Gasteiger partial charge on any atom is -0.339 e. The summed E-state index contributed by atoms with van der Waals surface area (Å²) in [5.74, 6) is -4.07. The summed E-state index contributed by atoms with van der Waals surface area (Å²) in [5.41, 5.74) is -3.77. The summed E-state index contributed by atoms with van der Waals surface area (Å²) in [6.07, 6.45) is -12.3. The quantitative estimate of drug-likeness (QED) is 0.431. The number of alkyl halides is 7. The van der Waals surface area contributed by atoms with Crippen LogP contribution in [0.2, 0.25) is 0 Å². The van der Waals surface area contributed by atoms with Gasteiger partial charge in [-0.05, 0) is 62.1 Å². The fourth-order valence-corrected chi connectivity index (χ4v) is 5.77. The van der Waals surface area contributed by atoms with Gasteiger partial charge < -0.3 is 4.90 Å². The summed E-state index contributed by atoms with van der Waals surface area (Å²) in [7, 11) is -3.91. The van der Waals surface area contributed by atoms with Gasteiger partial charge >= 0.3 is 12.4 Å². The van der Waals surface area contributed by atoms with Crippen LogP contribution in [0.25, 0.3) is 0 Å². The van der Waals surface area contributed by atoms with Crippen LogP contribution in [0.1, 0.15) is 47.2 Å². The molecule has 0 radical (unpaired) electrons. The van der Waals surface area contributed by atoms with Crippen molar-refractivity contribution < 1.29 is 52.7 Å². The second kappa shape index (κ2) is 9.27. The zero-order chi connectivity index (χ0) is 27.3. The highest BCUT2D eigenvalue weighted by molar-refractivity contribution is 7.92. The zero-order valence-electron chi connectivity index (χ0n) is 18.4. The molecule has 1 aliphatic carbocycles. The average molecular weight is 547 g/mol. The summed E-state index contributed by atoms with van der Waals surface area (Å²) in [5, 5.41) is -3.07. The maximum Gasteiger partial charge on any atom is 0.419 e. The van der Waals surface area contributed by atoms with Crippen molar-refractivity contribution in [3.05, 3.63) is 64.7 Å². The van der Waals surface area contributed by atoms with Crippen molar-refractivity contribution in [1.82, 2.24) is 4.90 Å². The van der Waals surface area contributed by atoms with Gasteiger partial charge in [0.15, 0.2) is 0 Å². The Kier molecular flexibility index (Phi) is 7.16. The van der Waals surface area contributed by atoms with Crippen LogP contribution in [0.15, 0.2) is 41.3 Å². The first-order chi connectivity index (χ1) is 16.4. The van der Waals surface area contributed by atoms with Crippen LogP contribution in [0.5, 0.6) is 0 Å². The van der Waals surface area contributed by atoms with Gasteiger partial charge in [-0.3, -0.25) is 4.79 Å². The SMILES string of the molecule is CN(C(=O)c1ccc(F)c(C(F)(F)F)c1)C1CCC(F)(S(=O)(=O)c2cc(F)cc(C(F)(F)F)c2)CC1. The maximum absolute atomic E-state index is 15.5. The minimum absolute atomic E-state index is 0.0705. The van der Waals surface area contributed by atoms with Crippen LogP contribution in [0, 0.1) is 11.6 Å². The number of amides is 1. The molecule has 198 valence electrons. The summed E-state index contributed by atoms with van der Waals surface area (Å²) >= 11 is 0. The second-order valence-electron chi connectivity index (χ2n) is 8.40. The molecule has 1 aliphatic rings. The predicted molar refractivity (Wildman–Crippen MR) is 108 cm³/mol. The van der Waals surface area contributed by atoms with Gasteiger partial charge in [0.25, 0.3) is 5.91 Å². The fourth-order valence-electron chi connectivity index (χ4n) is 4.03. The van der Waals surface area contributed by atoms with Crippen LogP contribution in [-0.2, 0) is 22.2 Å². The van der Waals surface area contributed by atoms with Crippen LogP contribution >= 0.6 is 0 Å². The third-order valence-electron chi connectivity index (χ3n) is 6.08. The van der Waals surface area contributed by atoms with Crippen LogP contribution < -0.4 is 0 Å². The third-order valence-corrected chi connectivity index (χ3v) is 8.31. The summed E-state index contributed by atoms with van der Waals surface area (Å²) in [4.78, 5) is 12.4. The largest absolute Gasteiger partial charge is 0.419 e. The predicted octanol–water partition coefficient (Wildman–Crippen LogP) is 6.16. The van der Waals surface area contributed by atoms with Gasteiger partial charge in [0.05, 0.1) is 16.0 Å². The van der Waals surface area contributed by atoms with Gasteiger partial charge in [0.2, 0.25) is 14.8 Å². The molecule has 1 amide bonds. The van der Waals surface area contributed by atoms with E-state index >= 15 is 4.39 Å². The first-order valence-corrected chi connectivity index (χ1v) is 11.8. The van der Waals surface area contributed by atoms with Gasteiger partial charge in [-0.15, -0.1) is 0 Å². The Balaban J connectivity index is 1.80. The Labute approximate surface area is 199 Å². The molecule has 0 atom stereocenters. The van der Waals surface area contributed by atoms with E-state index in [0.717, 1.165) is 11.0 Å². The number of hydrogen-bond donors (Lipinski definition) is 0. The van der Waals surface area contributed by atoms with Crippen molar-refractivity contribution in [3.63, 3.8) is 0 Å². The topological polar surface area (TPSA) is 54.5 Å². The Morgan fingerprint density at radius 3 is 2.06 bits per heavy atom. The lowest BCUT2D eigenvalue weighted by Crippen LogP contribution is -2.45. The Bertz CT molecular complexity index is 1260. The number of rotatable bonds is 4. The van der Waals surface area contributed by atoms with Gasteiger partial charge in [-0.25, -0.2) is 21.6 Å². The van der Waals surface area contributed by atoms with E-state index in [1.54, 1.807) is 0 Å². The van der Waals surface area contributed by atoms with Crippen molar-refractivity contribution >= 4 is 15.7 Å². The van der Waals surface area contributed by atoms with E-state index in [1.807, 2.05) is 0 Å². The Morgan fingerprint density at radius 1 is 0.944 bits per heavy atom. The molecule has 2 aromatic rings. The third kappa shape index (κ3) is 5.32. The molecule has 0 bridgehead atoms. The molecule has 1 saturated carbocycles. The number of benzene rings is 2. The number of carbonyl (C=O) groups excluding carboxylic acids is 1. The van der Waals surface area contributed by atoms with E-state index in [4.69, 9.17) is 0 Å². The van der Waals surface area contributed by atoms with Crippen molar-refractivity contribution in [3.8, 4) is 0 Å². The number of halogens is 9. The molecule has 0 spiro atoms. The van der Waals surface area contributed by atoms with E-state index in [2.05, 4.69) is 0 Å². The van der Waals surface area contributed by atoms with Crippen LogP contribution in [-0.4, -0.2) is 37.3 Å². The monoisotopic (exact) mass is 547 g/mol. The van der Waals surface area contributed by atoms with Crippen molar-refractivity contribution in [2.24, 2.45) is 0 Å². The molecule has 0 unspecified atom stereocenters. The maximum atomic E-state index is 15.5. The zero-order valence-corrected chi connectivity index (χ0v) is 19.2. The number of nitrogens with zero attached hydrogens (tertiary/aromatic N) is 1. The lowest BCUT2D eigenvalue weighted by atomic mass is 9.92. The van der Waals surface area contributed by atoms with E-state index in [0.29, 0.717) is 12.1 Å². The molecule has 0 aliphatic heterocycles. The number of hydrogen-bond acceptors (Lipinski definition) is 3. The first kappa shape index (κ1) is 27.8. The lowest BCUT2D eigenvalue weighted by Gasteiger charge is -2.37. The minimum atomic E-state index is -5.09. The molecule has 2 aromatic carbocycles. The summed E-state index contributed by atoms with van der Waals surface area (Å²) < 4.78 is 146. The summed E-state index contributed by atoms with van der Waals surface area (Å²) in [6, 6.07) is 1.27. The highest BCUT2D eigenvalue weighted by atomic mass is 32.2. The molecule has 3 rings (SSSR count). The molecular weight excluding hydrogens is 529 g/mol. The molecule has 0 heterocycles. The van der Waals surface area contributed by atoms with Gasteiger partial charge in [-0.2, -0.15) is 26.3 Å². The van der Waals surface area contributed by atoms with Crippen LogP contribution in [0.3, 0.4) is 0 Å². The highest BCUT2D eigenvalue weighted by Crippen LogP contribution is 2.43. The van der Waals surface area contributed by atoms with Crippen molar-refractivity contribution in [1.29, 1.82) is 0 Å². The fraction of sp³-hybridized carbons (Fsp3) is 0.409. The normalized spacial score (nSPS) is 21.3. The molecule has 0 aromatic heterocycles. The molecular formula is C22H18F9NO3S. The lowest BCUT2D eigenvalue weighted by molar-refractivity contribution is -0.140. The van der Waals surface area contributed by atoms with Crippen LogP contribution in [0.4, 0.5) is 39.5 Å². The number of carbonyl (C=O) groups is 1. The second-order valence-corrected chi connectivity index (χ2v) is 10.6. The Hall–Kier alpha value is -2.77. The van der Waals surface area contributed by atoms with Gasteiger partial charge in [0.1, 0.15) is 11.6 Å². The molecule has 0 N–H and O–H groups in total. The standard InChI is InChI=1S/C22H18F9NO3S/c1-32(19(33)12-2-3-18(24)17(8-12)22(29,30)31)15-4-6-20(25,7-5-15)36(34,35)16-10-13(21(26,27)28)9-14(23)11-16/h2-3,8-11,15H,4-7H2,1H3. The molecule has 36 heavy (non-hydrogen) atoms. The smallest absolute Gasteiger partial charge is 0.339 e. The highest BCUT2D eigenvalue weighted by Gasteiger charge is 2.49. The molecule has 14 heteroatoms. The van der Waals surface area contributed by atoms with Gasteiger partial charge in [-0.1, -0.05) is 0 Å². The molecule has 4 nitrogen and oxygen atoms in total. The Morgan fingerprint density at radius 2 is 1.53 bits per heavy atom. The molecule has 0 saturated heterocycles. The van der Waals surface area contributed by atoms with Gasteiger partial charge in [0, 0.05) is 18.7 Å². The summed E-state index contributed by atoms with van der Waals surface area (Å²) in [6.45, 7) is 0. The average Bonchev–Trinajstić information content (AvgIpc) is 2.77. The van der Waals surface area contributed by atoms with E-state index in [1.165, 1.54) is 7.05 Å². The molecule has 1 fully saturated rings. The van der Waals surface area contributed by atoms with E-state index < -0.39 is 85.2 Å². The van der Waals surface area contributed by atoms with Crippen molar-refractivity contribution in [2.45, 2.75) is 54.0 Å². The first-order valence-electron chi connectivity index (χ1n) is 10.3. The van der Waals surface area contributed by atoms with E-state index in [9.17, 15) is 48.3 Å².